The highest BCUT2D eigenvalue weighted by Gasteiger charge is 2.24. The Hall–Kier alpha value is -1.20. The van der Waals surface area contributed by atoms with Crippen LogP contribution in [0.2, 0.25) is 0 Å². The lowest BCUT2D eigenvalue weighted by Gasteiger charge is -2.21. The molecule has 0 aliphatic carbocycles. The molecule has 10 heteroatoms. The van der Waals surface area contributed by atoms with Crippen LogP contribution < -0.4 is 10.5 Å². The summed E-state index contributed by atoms with van der Waals surface area (Å²) in [5.74, 6) is 0. The van der Waals surface area contributed by atoms with Gasteiger partial charge in [0.05, 0.1) is 0 Å². The molecule has 1 rings (SSSR count). The van der Waals surface area contributed by atoms with Gasteiger partial charge in [-0.1, -0.05) is 0 Å². The molecule has 0 saturated heterocycles. The van der Waals surface area contributed by atoms with Crippen molar-refractivity contribution >= 4 is 27.5 Å². The van der Waals surface area contributed by atoms with Crippen LogP contribution in [0.5, 0.6) is 0 Å². The number of nitrogens with two attached hydrogens (primary N) is 1. The van der Waals surface area contributed by atoms with Gasteiger partial charge in [-0.3, -0.25) is 0 Å². The SMILES string of the molecule is CC(C)(C)OC(=O)NCC(O)C(O)c1ccc(S(N)(=O)=O)s1. The first-order valence-electron chi connectivity index (χ1n) is 6.35. The molecule has 1 amide bonds. The number of aliphatic hydroxyl groups is 2. The Morgan fingerprint density at radius 3 is 2.45 bits per heavy atom. The number of nitrogens with one attached hydrogen (secondary N) is 1. The second-order valence-corrected chi connectivity index (χ2v) is 8.50. The number of hydrogen-bond acceptors (Lipinski definition) is 7. The van der Waals surface area contributed by atoms with Crippen LogP contribution in [-0.2, 0) is 14.8 Å². The van der Waals surface area contributed by atoms with E-state index in [1.165, 1.54) is 12.1 Å². The fourth-order valence-electron chi connectivity index (χ4n) is 1.45. The van der Waals surface area contributed by atoms with E-state index in [0.29, 0.717) is 0 Å². The van der Waals surface area contributed by atoms with Crippen LogP contribution in [0.3, 0.4) is 0 Å². The van der Waals surface area contributed by atoms with E-state index in [1.807, 2.05) is 0 Å². The number of carbonyl (C=O) groups excluding carboxylic acids is 1. The van der Waals surface area contributed by atoms with Crippen molar-refractivity contribution in [2.24, 2.45) is 5.14 Å². The van der Waals surface area contributed by atoms with Crippen LogP contribution in [0, 0.1) is 0 Å². The third kappa shape index (κ3) is 5.89. The second kappa shape index (κ2) is 6.92. The highest BCUT2D eigenvalue weighted by Crippen LogP contribution is 2.27. The number of alkyl carbamates (subject to hydrolysis) is 1. The van der Waals surface area contributed by atoms with Crippen molar-refractivity contribution in [1.82, 2.24) is 5.32 Å². The number of hydrogen-bond donors (Lipinski definition) is 4. The first-order chi connectivity index (χ1) is 9.90. The van der Waals surface area contributed by atoms with Gasteiger partial charge in [-0.2, -0.15) is 0 Å². The van der Waals surface area contributed by atoms with Crippen molar-refractivity contribution in [1.29, 1.82) is 0 Å². The van der Waals surface area contributed by atoms with Gasteiger partial charge in [0.15, 0.2) is 0 Å². The smallest absolute Gasteiger partial charge is 0.407 e. The summed E-state index contributed by atoms with van der Waals surface area (Å²) in [5.41, 5.74) is -0.675. The third-order valence-corrected chi connectivity index (χ3v) is 4.99. The maximum absolute atomic E-state index is 11.4. The van der Waals surface area contributed by atoms with Gasteiger partial charge in [-0.25, -0.2) is 18.4 Å². The number of primary sulfonamides is 1. The summed E-state index contributed by atoms with van der Waals surface area (Å²) in [6.45, 7) is 4.83. The number of carbonyl (C=O) groups is 1. The summed E-state index contributed by atoms with van der Waals surface area (Å²) in [6, 6.07) is 2.60. The van der Waals surface area contributed by atoms with Crippen LogP contribution in [0.1, 0.15) is 31.8 Å². The van der Waals surface area contributed by atoms with Crippen molar-refractivity contribution in [3.05, 3.63) is 17.0 Å². The molecule has 5 N–H and O–H groups in total. The molecule has 0 spiro atoms. The number of ether oxygens (including phenoxy) is 1. The lowest BCUT2D eigenvalue weighted by atomic mass is 10.1. The molecule has 22 heavy (non-hydrogen) atoms. The van der Waals surface area contributed by atoms with Crippen LogP contribution in [0.15, 0.2) is 16.3 Å². The van der Waals surface area contributed by atoms with E-state index in [-0.39, 0.29) is 15.6 Å². The largest absolute Gasteiger partial charge is 0.444 e. The van der Waals surface area contributed by atoms with Crippen LogP contribution >= 0.6 is 11.3 Å². The molecule has 0 fully saturated rings. The van der Waals surface area contributed by atoms with Crippen molar-refractivity contribution in [2.45, 2.75) is 42.8 Å². The summed E-state index contributed by atoms with van der Waals surface area (Å²) in [5, 5.41) is 27.1. The van der Waals surface area contributed by atoms with E-state index < -0.39 is 33.9 Å². The first kappa shape index (κ1) is 18.8. The minimum Gasteiger partial charge on any atom is -0.444 e. The molecule has 126 valence electrons. The molecule has 1 aromatic heterocycles. The Labute approximate surface area is 133 Å². The quantitative estimate of drug-likeness (QED) is 0.601. The topological polar surface area (TPSA) is 139 Å². The van der Waals surface area contributed by atoms with Gasteiger partial charge in [0.1, 0.15) is 22.0 Å². The minimum absolute atomic E-state index is 0.117. The standard InChI is InChI=1S/C12H20N2O6S2/c1-12(2,3)20-11(17)14-6-7(15)10(16)8-4-5-9(21-8)22(13,18)19/h4-5,7,10,15-16H,6H2,1-3H3,(H,14,17)(H2,13,18,19). The number of aliphatic hydroxyl groups excluding tert-OH is 2. The summed E-state index contributed by atoms with van der Waals surface area (Å²) < 4.78 is 27.2. The molecule has 0 saturated carbocycles. The van der Waals surface area contributed by atoms with Gasteiger partial charge >= 0.3 is 6.09 Å². The van der Waals surface area contributed by atoms with E-state index in [1.54, 1.807) is 20.8 Å². The molecule has 2 atom stereocenters. The summed E-state index contributed by atoms with van der Waals surface area (Å²) in [4.78, 5) is 11.7. The van der Waals surface area contributed by atoms with Crippen LogP contribution in [0.25, 0.3) is 0 Å². The average Bonchev–Trinajstić information content (AvgIpc) is 2.82. The number of sulfonamides is 1. The number of thiophene rings is 1. The highest BCUT2D eigenvalue weighted by atomic mass is 32.2. The molecule has 0 aliphatic heterocycles. The van der Waals surface area contributed by atoms with E-state index in [0.717, 1.165) is 11.3 Å². The summed E-state index contributed by atoms with van der Waals surface area (Å²) in [6.07, 6.45) is -3.40. The van der Waals surface area contributed by atoms with E-state index in [9.17, 15) is 23.4 Å². The van der Waals surface area contributed by atoms with Crippen molar-refractivity contribution in [2.75, 3.05) is 6.54 Å². The molecule has 8 nitrogen and oxygen atoms in total. The molecular weight excluding hydrogens is 332 g/mol. The minimum atomic E-state index is -3.85. The lowest BCUT2D eigenvalue weighted by Crippen LogP contribution is -2.38. The Bertz CT molecular complexity index is 620. The van der Waals surface area contributed by atoms with Crippen molar-refractivity contribution < 1.29 is 28.2 Å². The maximum atomic E-state index is 11.4. The molecule has 0 aliphatic rings. The van der Waals surface area contributed by atoms with Crippen LogP contribution in [0.4, 0.5) is 4.79 Å². The number of rotatable bonds is 5. The van der Waals surface area contributed by atoms with Gasteiger partial charge in [0.25, 0.3) is 0 Å². The molecule has 1 heterocycles. The molecule has 1 aromatic rings. The predicted molar refractivity (Wildman–Crippen MR) is 80.9 cm³/mol. The van der Waals surface area contributed by atoms with Gasteiger partial charge < -0.3 is 20.3 Å². The first-order valence-corrected chi connectivity index (χ1v) is 8.72. The van der Waals surface area contributed by atoms with Gasteiger partial charge in [0.2, 0.25) is 10.0 Å². The molecule has 2 unspecified atom stereocenters. The molecule has 0 aromatic carbocycles. The Morgan fingerprint density at radius 2 is 2.00 bits per heavy atom. The molecule has 0 bridgehead atoms. The van der Waals surface area contributed by atoms with Crippen LogP contribution in [-0.4, -0.2) is 43.0 Å². The van der Waals surface area contributed by atoms with E-state index in [4.69, 9.17) is 9.88 Å². The Kier molecular flexibility index (Phi) is 5.93. The zero-order valence-corrected chi connectivity index (χ0v) is 14.1. The van der Waals surface area contributed by atoms with Gasteiger partial charge in [-0.15, -0.1) is 11.3 Å². The lowest BCUT2D eigenvalue weighted by molar-refractivity contribution is 0.0146. The average molecular weight is 352 g/mol. The third-order valence-electron chi connectivity index (χ3n) is 2.39. The van der Waals surface area contributed by atoms with Gasteiger partial charge in [-0.05, 0) is 32.9 Å². The Balaban J connectivity index is 2.60. The van der Waals surface area contributed by atoms with Gasteiger partial charge in [0, 0.05) is 11.4 Å². The maximum Gasteiger partial charge on any atom is 0.407 e. The van der Waals surface area contributed by atoms with Crippen molar-refractivity contribution in [3.8, 4) is 0 Å². The summed E-state index contributed by atoms with van der Waals surface area (Å²) >= 11 is 0.754. The van der Waals surface area contributed by atoms with Crippen molar-refractivity contribution in [3.63, 3.8) is 0 Å². The fraction of sp³-hybridized carbons (Fsp3) is 0.583. The van der Waals surface area contributed by atoms with E-state index in [2.05, 4.69) is 5.32 Å². The monoisotopic (exact) mass is 352 g/mol. The predicted octanol–water partition coefficient (Wildman–Crippen LogP) is 0.315. The normalized spacial score (nSPS) is 15.2. The molecular formula is C12H20N2O6S2. The molecule has 0 radical (unpaired) electrons. The number of amides is 1. The highest BCUT2D eigenvalue weighted by molar-refractivity contribution is 7.91. The fourth-order valence-corrected chi connectivity index (χ4v) is 3.24. The van der Waals surface area contributed by atoms with E-state index >= 15 is 0 Å². The zero-order valence-electron chi connectivity index (χ0n) is 12.4. The Morgan fingerprint density at radius 1 is 1.41 bits per heavy atom. The zero-order chi connectivity index (χ0) is 17.1. The summed E-state index contributed by atoms with van der Waals surface area (Å²) in [7, 11) is -3.85. The second-order valence-electron chi connectivity index (χ2n) is 5.60.